The number of nitriles is 1. The first-order valence-electron chi connectivity index (χ1n) is 8.72. The van der Waals surface area contributed by atoms with Gasteiger partial charge in [0.15, 0.2) is 9.84 Å². The van der Waals surface area contributed by atoms with E-state index in [1.807, 2.05) is 17.5 Å². The van der Waals surface area contributed by atoms with Crippen LogP contribution in [-0.4, -0.2) is 20.1 Å². The second kappa shape index (κ2) is 8.78. The first-order chi connectivity index (χ1) is 13.8. The van der Waals surface area contributed by atoms with Crippen LogP contribution in [0.25, 0.3) is 11.1 Å². The van der Waals surface area contributed by atoms with Gasteiger partial charge in [0.25, 0.3) is 0 Å². The smallest absolute Gasteiger partial charge is 0.229 e. The quantitative estimate of drug-likeness (QED) is 0.584. The second-order valence-corrected chi connectivity index (χ2v) is 9.88. The van der Waals surface area contributed by atoms with Gasteiger partial charge in [-0.25, -0.2) is 8.42 Å². The summed E-state index contributed by atoms with van der Waals surface area (Å²) in [6.45, 7) is 1.59. The topological polar surface area (TPSA) is 87.0 Å². The standard InChI is InChI=1S/C21H17ClN2O3S2/c1-2-29(26,27)17-6-3-14(4-7-17)10-20(25)24-21-11-16(13-28-21)18-8-5-15(12-23)9-19(18)22/h3-9,11,13H,2,10H2,1H3,(H,24,25). The molecule has 0 saturated carbocycles. The lowest BCUT2D eigenvalue weighted by molar-refractivity contribution is -0.115. The molecule has 5 nitrogen and oxygen atoms in total. The lowest BCUT2D eigenvalue weighted by atomic mass is 10.1. The molecule has 0 radical (unpaired) electrons. The molecule has 1 aromatic heterocycles. The van der Waals surface area contributed by atoms with Crippen LogP contribution in [0.5, 0.6) is 0 Å². The predicted octanol–water partition coefficient (Wildman–Crippen LogP) is 4.91. The number of nitrogens with one attached hydrogen (secondary N) is 1. The Morgan fingerprint density at radius 1 is 1.17 bits per heavy atom. The Morgan fingerprint density at radius 3 is 2.52 bits per heavy atom. The lowest BCUT2D eigenvalue weighted by Gasteiger charge is -2.05. The number of halogens is 1. The molecule has 0 atom stereocenters. The van der Waals surface area contributed by atoms with Gasteiger partial charge < -0.3 is 5.32 Å². The van der Waals surface area contributed by atoms with Crippen LogP contribution in [0.15, 0.2) is 58.8 Å². The van der Waals surface area contributed by atoms with E-state index in [9.17, 15) is 13.2 Å². The first kappa shape index (κ1) is 21.1. The summed E-state index contributed by atoms with van der Waals surface area (Å²) in [5.41, 5.74) is 2.86. The molecular weight excluding hydrogens is 428 g/mol. The fourth-order valence-corrected chi connectivity index (χ4v) is 4.70. The lowest BCUT2D eigenvalue weighted by Crippen LogP contribution is -2.13. The van der Waals surface area contributed by atoms with Crippen molar-refractivity contribution < 1.29 is 13.2 Å². The molecule has 2 aromatic carbocycles. The Balaban J connectivity index is 1.67. The molecule has 0 unspecified atom stereocenters. The third-order valence-corrected chi connectivity index (χ3v) is 7.21. The van der Waals surface area contributed by atoms with E-state index in [4.69, 9.17) is 16.9 Å². The van der Waals surface area contributed by atoms with E-state index in [0.29, 0.717) is 15.6 Å². The van der Waals surface area contributed by atoms with E-state index in [0.717, 1.165) is 16.7 Å². The van der Waals surface area contributed by atoms with E-state index in [-0.39, 0.29) is 23.0 Å². The summed E-state index contributed by atoms with van der Waals surface area (Å²) in [6, 6.07) is 15.3. The SMILES string of the molecule is CCS(=O)(=O)c1ccc(CC(=O)Nc2cc(-c3ccc(C#N)cc3Cl)cs2)cc1. The van der Waals surface area contributed by atoms with Gasteiger partial charge in [-0.1, -0.05) is 36.7 Å². The third-order valence-electron chi connectivity index (χ3n) is 4.30. The highest BCUT2D eigenvalue weighted by Gasteiger charge is 2.13. The van der Waals surface area contributed by atoms with Gasteiger partial charge in [0.05, 0.1) is 33.7 Å². The molecule has 148 valence electrons. The van der Waals surface area contributed by atoms with E-state index in [2.05, 4.69) is 5.32 Å². The van der Waals surface area contributed by atoms with Crippen LogP contribution in [0.3, 0.4) is 0 Å². The Bertz CT molecular complexity index is 1190. The molecule has 29 heavy (non-hydrogen) atoms. The van der Waals surface area contributed by atoms with Crippen molar-refractivity contribution in [1.29, 1.82) is 5.26 Å². The van der Waals surface area contributed by atoms with E-state index in [1.165, 1.54) is 23.5 Å². The average Bonchev–Trinajstić information content (AvgIpc) is 3.16. The normalized spacial score (nSPS) is 11.1. The predicted molar refractivity (Wildman–Crippen MR) is 116 cm³/mol. The molecule has 8 heteroatoms. The van der Waals surface area contributed by atoms with Gasteiger partial charge in [-0.2, -0.15) is 5.26 Å². The van der Waals surface area contributed by atoms with Crippen LogP contribution < -0.4 is 5.32 Å². The van der Waals surface area contributed by atoms with Crippen LogP contribution >= 0.6 is 22.9 Å². The zero-order chi connectivity index (χ0) is 21.0. The number of amides is 1. The zero-order valence-corrected chi connectivity index (χ0v) is 17.9. The summed E-state index contributed by atoms with van der Waals surface area (Å²) in [6.07, 6.45) is 0.136. The Labute approximate surface area is 178 Å². The van der Waals surface area contributed by atoms with E-state index >= 15 is 0 Å². The van der Waals surface area contributed by atoms with Crippen molar-refractivity contribution in [2.75, 3.05) is 11.1 Å². The zero-order valence-electron chi connectivity index (χ0n) is 15.5. The van der Waals surface area contributed by atoms with Crippen LogP contribution in [0.4, 0.5) is 5.00 Å². The number of carbonyl (C=O) groups excluding carboxylic acids is 1. The van der Waals surface area contributed by atoms with Crippen molar-refractivity contribution >= 4 is 43.7 Å². The molecule has 0 saturated heterocycles. The molecule has 0 aliphatic heterocycles. The molecule has 0 aliphatic rings. The minimum Gasteiger partial charge on any atom is -0.317 e. The summed E-state index contributed by atoms with van der Waals surface area (Å²) in [5.74, 6) is -0.160. The van der Waals surface area contributed by atoms with Crippen LogP contribution in [-0.2, 0) is 21.1 Å². The van der Waals surface area contributed by atoms with Crippen molar-refractivity contribution in [3.8, 4) is 17.2 Å². The van der Waals surface area contributed by atoms with Gasteiger partial charge in [-0.05, 0) is 41.5 Å². The fourth-order valence-electron chi connectivity index (χ4n) is 2.71. The molecule has 0 bridgehead atoms. The summed E-state index contributed by atoms with van der Waals surface area (Å²) in [4.78, 5) is 12.6. The van der Waals surface area contributed by atoms with Crippen LogP contribution in [0.1, 0.15) is 18.1 Å². The summed E-state index contributed by atoms with van der Waals surface area (Å²) in [5, 5.41) is 14.8. The first-order valence-corrected chi connectivity index (χ1v) is 11.6. The number of anilines is 1. The average molecular weight is 445 g/mol. The minimum absolute atomic E-state index is 0.0385. The van der Waals surface area contributed by atoms with Crippen LogP contribution in [0.2, 0.25) is 5.02 Å². The summed E-state index contributed by atoms with van der Waals surface area (Å²) >= 11 is 7.62. The summed E-state index contributed by atoms with van der Waals surface area (Å²) in [7, 11) is -3.25. The molecular formula is C21H17ClN2O3S2. The molecule has 0 fully saturated rings. The highest BCUT2D eigenvalue weighted by atomic mass is 35.5. The van der Waals surface area contributed by atoms with E-state index in [1.54, 1.807) is 37.3 Å². The number of carbonyl (C=O) groups is 1. The monoisotopic (exact) mass is 444 g/mol. The number of hydrogen-bond acceptors (Lipinski definition) is 5. The molecule has 1 amide bonds. The molecule has 1 heterocycles. The van der Waals surface area contributed by atoms with Gasteiger partial charge in [0.2, 0.25) is 5.91 Å². The van der Waals surface area contributed by atoms with Gasteiger partial charge in [-0.3, -0.25) is 4.79 Å². The highest BCUT2D eigenvalue weighted by Crippen LogP contribution is 2.34. The van der Waals surface area contributed by atoms with Crippen molar-refractivity contribution in [1.82, 2.24) is 0 Å². The maximum absolute atomic E-state index is 12.3. The number of thiophene rings is 1. The highest BCUT2D eigenvalue weighted by molar-refractivity contribution is 7.91. The third kappa shape index (κ3) is 5.04. The van der Waals surface area contributed by atoms with Crippen LogP contribution in [0, 0.1) is 11.3 Å². The number of hydrogen-bond donors (Lipinski definition) is 1. The molecule has 3 aromatic rings. The number of sulfone groups is 1. The van der Waals surface area contributed by atoms with Crippen molar-refractivity contribution in [3.63, 3.8) is 0 Å². The largest absolute Gasteiger partial charge is 0.317 e. The van der Waals surface area contributed by atoms with Gasteiger partial charge in [0.1, 0.15) is 0 Å². The number of benzene rings is 2. The minimum atomic E-state index is -3.25. The Kier molecular flexibility index (Phi) is 6.38. The van der Waals surface area contributed by atoms with Gasteiger partial charge in [-0.15, -0.1) is 11.3 Å². The molecule has 0 spiro atoms. The molecule has 0 aliphatic carbocycles. The van der Waals surface area contributed by atoms with Gasteiger partial charge >= 0.3 is 0 Å². The molecule has 3 rings (SSSR count). The molecule has 1 N–H and O–H groups in total. The summed E-state index contributed by atoms with van der Waals surface area (Å²) < 4.78 is 23.7. The Morgan fingerprint density at radius 2 is 1.90 bits per heavy atom. The number of rotatable bonds is 6. The van der Waals surface area contributed by atoms with E-state index < -0.39 is 9.84 Å². The van der Waals surface area contributed by atoms with Crippen molar-refractivity contribution in [2.45, 2.75) is 18.2 Å². The van der Waals surface area contributed by atoms with Crippen molar-refractivity contribution in [3.05, 3.63) is 70.1 Å². The van der Waals surface area contributed by atoms with Crippen molar-refractivity contribution in [2.24, 2.45) is 0 Å². The van der Waals surface area contributed by atoms with Gasteiger partial charge in [0, 0.05) is 16.0 Å². The maximum Gasteiger partial charge on any atom is 0.229 e. The second-order valence-electron chi connectivity index (χ2n) is 6.28. The fraction of sp³-hybridized carbons (Fsp3) is 0.143. The number of nitrogens with zero attached hydrogens (tertiary/aromatic N) is 1. The maximum atomic E-state index is 12.3. The Hall–Kier alpha value is -2.66.